The van der Waals surface area contributed by atoms with Crippen LogP contribution in [0.25, 0.3) is 55.7 Å². The third kappa shape index (κ3) is 4.27. The molecule has 0 saturated carbocycles. The van der Waals surface area contributed by atoms with E-state index < -0.39 is 5.41 Å². The zero-order valence-electron chi connectivity index (χ0n) is 26.0. The van der Waals surface area contributed by atoms with Crippen LogP contribution in [0.4, 0.5) is 0 Å². The highest BCUT2D eigenvalue weighted by Crippen LogP contribution is 2.56. The minimum absolute atomic E-state index is 0.201. The van der Waals surface area contributed by atoms with Crippen molar-refractivity contribution in [2.75, 3.05) is 0 Å². The Morgan fingerprint density at radius 3 is 1.90 bits per heavy atom. The third-order valence-corrected chi connectivity index (χ3v) is 9.56. The Balaban J connectivity index is 1.41. The Labute approximate surface area is 278 Å². The second-order valence-corrected chi connectivity index (χ2v) is 12.2. The van der Waals surface area contributed by atoms with Gasteiger partial charge in [-0.2, -0.15) is 0 Å². The van der Waals surface area contributed by atoms with Crippen LogP contribution in [0, 0.1) is 0 Å². The van der Waals surface area contributed by atoms with Gasteiger partial charge in [-0.25, -0.2) is 9.97 Å². The van der Waals surface area contributed by atoms with Crippen LogP contribution in [0.1, 0.15) is 22.4 Å². The zero-order valence-corrected chi connectivity index (χ0v) is 26.0. The van der Waals surface area contributed by atoms with Crippen molar-refractivity contribution in [1.82, 2.24) is 15.0 Å². The first-order valence-corrected chi connectivity index (χ1v) is 16.1. The highest BCUT2D eigenvalue weighted by molar-refractivity contribution is 5.94. The number of rotatable bonds is 5. The van der Waals surface area contributed by atoms with E-state index in [0.717, 1.165) is 55.7 Å². The van der Waals surface area contributed by atoms with Crippen molar-refractivity contribution >= 4 is 10.9 Å². The molecule has 0 unspecified atom stereocenters. The molecule has 1 aliphatic rings. The average molecular weight is 616 g/mol. The number of para-hydroxylation sites is 2. The quantitative estimate of drug-likeness (QED) is 0.209. The monoisotopic (exact) mass is 615 g/mol. The van der Waals surface area contributed by atoms with E-state index in [1.54, 1.807) is 12.4 Å². The van der Waals surface area contributed by atoms with Crippen LogP contribution in [-0.4, -0.2) is 20.1 Å². The van der Waals surface area contributed by atoms with Gasteiger partial charge in [-0.05, 0) is 87.5 Å². The van der Waals surface area contributed by atoms with E-state index in [0.29, 0.717) is 11.3 Å². The van der Waals surface area contributed by atoms with Crippen LogP contribution in [0.15, 0.2) is 170 Å². The predicted octanol–water partition coefficient (Wildman–Crippen LogP) is 10.1. The number of aromatic nitrogens is 3. The van der Waals surface area contributed by atoms with E-state index in [1.165, 1.54) is 11.1 Å². The first-order chi connectivity index (χ1) is 23.7. The second-order valence-electron chi connectivity index (χ2n) is 12.2. The maximum atomic E-state index is 10.9. The predicted molar refractivity (Wildman–Crippen MR) is 193 cm³/mol. The second kappa shape index (κ2) is 11.1. The van der Waals surface area contributed by atoms with Crippen molar-refractivity contribution in [3.63, 3.8) is 0 Å². The van der Waals surface area contributed by atoms with Gasteiger partial charge in [0.1, 0.15) is 12.1 Å². The number of hydrogen-bond donors (Lipinski definition) is 1. The normalized spacial score (nSPS) is 12.8. The number of nitrogens with zero attached hydrogens (tertiary/aromatic N) is 3. The lowest BCUT2D eigenvalue weighted by molar-refractivity contribution is 0.477. The first kappa shape index (κ1) is 27.9. The van der Waals surface area contributed by atoms with Crippen LogP contribution in [0.5, 0.6) is 5.75 Å². The van der Waals surface area contributed by atoms with Crippen LogP contribution >= 0.6 is 0 Å². The molecule has 48 heavy (non-hydrogen) atoms. The Kier molecular flexibility index (Phi) is 6.47. The topological polar surface area (TPSA) is 58.9 Å². The van der Waals surface area contributed by atoms with E-state index in [2.05, 4.69) is 114 Å². The van der Waals surface area contributed by atoms with Gasteiger partial charge in [0.25, 0.3) is 0 Å². The number of fused-ring (bicyclic) bond motifs is 4. The van der Waals surface area contributed by atoms with Crippen molar-refractivity contribution in [3.8, 4) is 50.5 Å². The minimum Gasteiger partial charge on any atom is -0.507 e. The van der Waals surface area contributed by atoms with Gasteiger partial charge in [-0.15, -0.1) is 0 Å². The molecule has 0 aliphatic heterocycles. The highest BCUT2D eigenvalue weighted by atomic mass is 16.3. The van der Waals surface area contributed by atoms with Crippen LogP contribution in [0.3, 0.4) is 0 Å². The number of pyridine rings is 1. The summed E-state index contributed by atoms with van der Waals surface area (Å²) in [5.74, 6) is 0.201. The van der Waals surface area contributed by atoms with Crippen molar-refractivity contribution in [2.45, 2.75) is 5.41 Å². The molecule has 2 aromatic heterocycles. The smallest absolute Gasteiger partial charge is 0.124 e. The molecule has 0 amide bonds. The molecule has 0 bridgehead atoms. The van der Waals surface area contributed by atoms with Gasteiger partial charge in [0.2, 0.25) is 0 Å². The first-order valence-electron chi connectivity index (χ1n) is 16.1. The fourth-order valence-electron chi connectivity index (χ4n) is 7.47. The van der Waals surface area contributed by atoms with Gasteiger partial charge in [-0.1, -0.05) is 115 Å². The molecule has 8 aromatic rings. The highest BCUT2D eigenvalue weighted by Gasteiger charge is 2.47. The van der Waals surface area contributed by atoms with E-state index >= 15 is 0 Å². The van der Waals surface area contributed by atoms with E-state index in [9.17, 15) is 5.11 Å². The number of aromatic hydroxyl groups is 1. The molecule has 1 N–H and O–H groups in total. The Morgan fingerprint density at radius 2 is 1.12 bits per heavy atom. The molecule has 1 aliphatic carbocycles. The molecule has 9 rings (SSSR count). The lowest BCUT2D eigenvalue weighted by Crippen LogP contribution is -2.30. The fourth-order valence-corrected chi connectivity index (χ4v) is 7.47. The van der Waals surface area contributed by atoms with Crippen LogP contribution in [-0.2, 0) is 5.41 Å². The summed E-state index contributed by atoms with van der Waals surface area (Å²) in [6.07, 6.45) is 1.65. The Hall–Kier alpha value is -6.39. The van der Waals surface area contributed by atoms with Crippen molar-refractivity contribution in [3.05, 3.63) is 193 Å². The Morgan fingerprint density at radius 1 is 0.479 bits per heavy atom. The summed E-state index contributed by atoms with van der Waals surface area (Å²) in [7, 11) is 0. The van der Waals surface area contributed by atoms with Crippen LogP contribution < -0.4 is 0 Å². The molecule has 4 nitrogen and oxygen atoms in total. The molecule has 2 heterocycles. The van der Waals surface area contributed by atoms with Gasteiger partial charge in [0.15, 0.2) is 0 Å². The van der Waals surface area contributed by atoms with Crippen molar-refractivity contribution < 1.29 is 5.11 Å². The van der Waals surface area contributed by atoms with Gasteiger partial charge < -0.3 is 5.11 Å². The maximum absolute atomic E-state index is 10.9. The average Bonchev–Trinajstić information content (AvgIpc) is 3.46. The zero-order chi connectivity index (χ0) is 32.1. The number of hydrogen-bond acceptors (Lipinski definition) is 4. The summed E-state index contributed by atoms with van der Waals surface area (Å²) in [5, 5.41) is 11.9. The van der Waals surface area contributed by atoms with Gasteiger partial charge in [0.05, 0.1) is 28.0 Å². The summed E-state index contributed by atoms with van der Waals surface area (Å²) in [6.45, 7) is 0. The molecule has 0 saturated heterocycles. The van der Waals surface area contributed by atoms with Gasteiger partial charge >= 0.3 is 0 Å². The molecule has 0 radical (unpaired) electrons. The number of benzene rings is 6. The summed E-state index contributed by atoms with van der Waals surface area (Å²) >= 11 is 0. The SMILES string of the molecule is Oc1ccccc1-c1cccc(C2(c3cc(-c4ccccc4)cc(-c4ncnc5ccccc45)c3)c3ccccc3-c3ccccc32)n1. The molecular formula is C44H29N3O. The molecule has 0 fully saturated rings. The lowest BCUT2D eigenvalue weighted by atomic mass is 9.68. The van der Waals surface area contributed by atoms with E-state index in [-0.39, 0.29) is 5.75 Å². The summed E-state index contributed by atoms with van der Waals surface area (Å²) in [6, 6.07) is 56.4. The molecule has 4 heteroatoms. The number of phenolic OH excluding ortho intramolecular Hbond substituents is 1. The molecule has 0 atom stereocenters. The summed E-state index contributed by atoms with van der Waals surface area (Å²) in [4.78, 5) is 14.8. The standard InChI is InChI=1S/C44H29N3O/c48-41-23-11-7-17-35(41)40-22-12-24-42(47-40)44(37-19-8-4-15-33(37)34-16-5-9-20-38(34)44)32-26-30(29-13-2-1-3-14-29)25-31(27-32)43-36-18-6-10-21-39(36)45-28-46-43/h1-28,48H. The maximum Gasteiger partial charge on any atom is 0.124 e. The molecule has 0 spiro atoms. The number of phenols is 1. The van der Waals surface area contributed by atoms with Gasteiger partial charge in [0, 0.05) is 16.5 Å². The summed E-state index contributed by atoms with van der Waals surface area (Å²) < 4.78 is 0. The molecule has 226 valence electrons. The molecule has 6 aromatic carbocycles. The fraction of sp³-hybridized carbons (Fsp3) is 0.0227. The van der Waals surface area contributed by atoms with E-state index in [1.807, 2.05) is 48.5 Å². The molecular weight excluding hydrogens is 587 g/mol. The Bertz CT molecular complexity index is 2440. The summed E-state index contributed by atoms with van der Waals surface area (Å²) in [5.41, 5.74) is 12.3. The van der Waals surface area contributed by atoms with Crippen LogP contribution in [0.2, 0.25) is 0 Å². The lowest BCUT2D eigenvalue weighted by Gasteiger charge is -2.34. The minimum atomic E-state index is -0.768. The van der Waals surface area contributed by atoms with E-state index in [4.69, 9.17) is 9.97 Å². The third-order valence-electron chi connectivity index (χ3n) is 9.56. The van der Waals surface area contributed by atoms with Gasteiger partial charge in [-0.3, -0.25) is 4.98 Å². The van der Waals surface area contributed by atoms with Crippen molar-refractivity contribution in [1.29, 1.82) is 0 Å². The van der Waals surface area contributed by atoms with Crippen molar-refractivity contribution in [2.24, 2.45) is 0 Å². The largest absolute Gasteiger partial charge is 0.507 e.